The van der Waals surface area contributed by atoms with Crippen molar-refractivity contribution in [2.45, 2.75) is 0 Å². The van der Waals surface area contributed by atoms with Crippen LogP contribution in [0.4, 0.5) is 10.1 Å². The van der Waals surface area contributed by atoms with Gasteiger partial charge in [0.2, 0.25) is 0 Å². The molecule has 0 aliphatic heterocycles. The van der Waals surface area contributed by atoms with Gasteiger partial charge in [-0.3, -0.25) is 4.79 Å². The van der Waals surface area contributed by atoms with Crippen LogP contribution in [0.1, 0.15) is 5.56 Å². The predicted octanol–water partition coefficient (Wildman–Crippen LogP) is 4.33. The van der Waals surface area contributed by atoms with Gasteiger partial charge < -0.3 is 10.1 Å². The molecule has 0 atom stereocenters. The van der Waals surface area contributed by atoms with Crippen LogP contribution in [0.3, 0.4) is 0 Å². The summed E-state index contributed by atoms with van der Waals surface area (Å²) in [6.45, 7) is -0.501. The molecule has 0 unspecified atom stereocenters. The predicted molar refractivity (Wildman–Crippen MR) is 91.5 cm³/mol. The van der Waals surface area contributed by atoms with Crippen molar-refractivity contribution >= 4 is 46.8 Å². The van der Waals surface area contributed by atoms with Gasteiger partial charge in [-0.2, -0.15) is 0 Å². The van der Waals surface area contributed by atoms with E-state index < -0.39 is 24.3 Å². The first-order chi connectivity index (χ1) is 11.5. The van der Waals surface area contributed by atoms with Gasteiger partial charge in [-0.15, -0.1) is 0 Å². The molecule has 7 heteroatoms. The monoisotopic (exact) mass is 367 g/mol. The Morgan fingerprint density at radius 3 is 2.50 bits per heavy atom. The quantitative estimate of drug-likeness (QED) is 0.632. The molecule has 4 nitrogen and oxygen atoms in total. The molecule has 1 amide bonds. The second kappa shape index (κ2) is 8.47. The first-order valence-electron chi connectivity index (χ1n) is 6.80. The molecule has 124 valence electrons. The van der Waals surface area contributed by atoms with Crippen molar-refractivity contribution in [3.05, 3.63) is 70.0 Å². The molecule has 0 bridgehead atoms. The summed E-state index contributed by atoms with van der Waals surface area (Å²) in [5, 5.41) is 3.03. The largest absolute Gasteiger partial charge is 0.452 e. The van der Waals surface area contributed by atoms with Gasteiger partial charge in [0.25, 0.3) is 5.91 Å². The van der Waals surface area contributed by atoms with Gasteiger partial charge in [0, 0.05) is 11.6 Å². The number of ether oxygens (including phenoxy) is 1. The Hall–Kier alpha value is -2.37. The number of carbonyl (C=O) groups excluding carboxylic acids is 2. The minimum atomic E-state index is -0.802. The second-order valence-corrected chi connectivity index (χ2v) is 5.42. The van der Waals surface area contributed by atoms with Gasteiger partial charge in [-0.25, -0.2) is 9.18 Å². The van der Waals surface area contributed by atoms with Crippen LogP contribution in [-0.4, -0.2) is 18.5 Å². The molecule has 0 aliphatic rings. The SMILES string of the molecule is O=C(COC(=O)/C=C/c1c(F)cccc1Cl)Nc1ccccc1Cl. The lowest BCUT2D eigenvalue weighted by Crippen LogP contribution is -2.20. The standard InChI is InChI=1S/C17H12Cl2FNO3/c18-12-5-3-6-14(20)11(12)8-9-17(23)24-10-16(22)21-15-7-2-1-4-13(15)19/h1-9H,10H2,(H,21,22)/b9-8+. The van der Waals surface area contributed by atoms with Crippen molar-refractivity contribution < 1.29 is 18.7 Å². The van der Waals surface area contributed by atoms with Gasteiger partial charge in [-0.1, -0.05) is 41.4 Å². The lowest BCUT2D eigenvalue weighted by molar-refractivity contribution is -0.142. The minimum Gasteiger partial charge on any atom is -0.452 e. The fraction of sp³-hybridized carbons (Fsp3) is 0.0588. The van der Waals surface area contributed by atoms with E-state index in [0.717, 1.165) is 6.08 Å². The molecular formula is C17H12Cl2FNO3. The molecule has 1 N–H and O–H groups in total. The summed E-state index contributed by atoms with van der Waals surface area (Å²) in [6.07, 6.45) is 2.18. The number of amides is 1. The van der Waals surface area contributed by atoms with E-state index in [1.807, 2.05) is 0 Å². The van der Waals surface area contributed by atoms with E-state index in [4.69, 9.17) is 27.9 Å². The van der Waals surface area contributed by atoms with Crippen LogP contribution in [0.5, 0.6) is 0 Å². The van der Waals surface area contributed by atoms with E-state index in [0.29, 0.717) is 10.7 Å². The zero-order chi connectivity index (χ0) is 17.5. The molecule has 0 heterocycles. The van der Waals surface area contributed by atoms with Gasteiger partial charge in [0.15, 0.2) is 6.61 Å². The molecule has 0 saturated carbocycles. The first-order valence-corrected chi connectivity index (χ1v) is 7.56. The first kappa shape index (κ1) is 18.0. The van der Waals surface area contributed by atoms with E-state index in [-0.39, 0.29) is 10.6 Å². The molecule has 0 aromatic heterocycles. The lowest BCUT2D eigenvalue weighted by Gasteiger charge is -2.06. The number of carbonyl (C=O) groups is 2. The molecule has 0 saturated heterocycles. The number of halogens is 3. The third-order valence-corrected chi connectivity index (χ3v) is 3.54. The Bertz CT molecular complexity index is 773. The zero-order valence-corrected chi connectivity index (χ0v) is 13.8. The van der Waals surface area contributed by atoms with Crippen molar-refractivity contribution in [2.75, 3.05) is 11.9 Å². The average molecular weight is 368 g/mol. The van der Waals surface area contributed by atoms with E-state index in [9.17, 15) is 14.0 Å². The van der Waals surface area contributed by atoms with E-state index >= 15 is 0 Å². The van der Waals surface area contributed by atoms with E-state index in [2.05, 4.69) is 5.32 Å². The van der Waals surface area contributed by atoms with Crippen molar-refractivity contribution in [2.24, 2.45) is 0 Å². The summed E-state index contributed by atoms with van der Waals surface area (Å²) >= 11 is 11.7. The summed E-state index contributed by atoms with van der Waals surface area (Å²) in [5.41, 5.74) is 0.477. The average Bonchev–Trinajstić information content (AvgIpc) is 2.54. The van der Waals surface area contributed by atoms with Crippen molar-refractivity contribution in [3.63, 3.8) is 0 Å². The van der Waals surface area contributed by atoms with Gasteiger partial charge in [0.1, 0.15) is 5.82 Å². The van der Waals surface area contributed by atoms with Crippen LogP contribution in [0.25, 0.3) is 6.08 Å². The zero-order valence-electron chi connectivity index (χ0n) is 12.3. The van der Waals surface area contributed by atoms with E-state index in [1.54, 1.807) is 24.3 Å². The summed E-state index contributed by atoms with van der Waals surface area (Å²) in [5.74, 6) is -1.92. The summed E-state index contributed by atoms with van der Waals surface area (Å²) < 4.78 is 18.3. The Labute approximate surface area is 147 Å². The summed E-state index contributed by atoms with van der Waals surface area (Å²) in [6, 6.07) is 10.8. The fourth-order valence-corrected chi connectivity index (χ4v) is 2.16. The molecule has 0 radical (unpaired) electrons. The van der Waals surface area contributed by atoms with Crippen LogP contribution < -0.4 is 5.32 Å². The molecule has 24 heavy (non-hydrogen) atoms. The third-order valence-electron chi connectivity index (χ3n) is 2.88. The number of esters is 1. The van der Waals surface area contributed by atoms with Crippen molar-refractivity contribution in [1.82, 2.24) is 0 Å². The highest BCUT2D eigenvalue weighted by atomic mass is 35.5. The smallest absolute Gasteiger partial charge is 0.331 e. The van der Waals surface area contributed by atoms with Crippen LogP contribution in [-0.2, 0) is 14.3 Å². The molecular weight excluding hydrogens is 356 g/mol. The molecule has 0 spiro atoms. The number of nitrogens with one attached hydrogen (secondary N) is 1. The van der Waals surface area contributed by atoms with Crippen LogP contribution in [0, 0.1) is 5.82 Å². The molecule has 2 rings (SSSR count). The minimum absolute atomic E-state index is 0.0663. The van der Waals surface area contributed by atoms with Crippen LogP contribution in [0.2, 0.25) is 10.0 Å². The van der Waals surface area contributed by atoms with Crippen LogP contribution >= 0.6 is 23.2 Å². The number of hydrogen-bond donors (Lipinski definition) is 1. The number of benzene rings is 2. The maximum absolute atomic E-state index is 13.5. The number of para-hydroxylation sites is 1. The number of rotatable bonds is 5. The van der Waals surface area contributed by atoms with E-state index in [1.165, 1.54) is 24.3 Å². The highest BCUT2D eigenvalue weighted by Gasteiger charge is 2.08. The Balaban J connectivity index is 1.88. The van der Waals surface area contributed by atoms with Crippen molar-refractivity contribution in [1.29, 1.82) is 0 Å². The maximum Gasteiger partial charge on any atom is 0.331 e. The normalized spacial score (nSPS) is 10.6. The number of anilines is 1. The third kappa shape index (κ3) is 5.08. The van der Waals surface area contributed by atoms with Gasteiger partial charge in [0.05, 0.1) is 15.7 Å². The van der Waals surface area contributed by atoms with Gasteiger partial charge in [-0.05, 0) is 30.3 Å². The highest BCUT2D eigenvalue weighted by Crippen LogP contribution is 2.21. The Morgan fingerprint density at radius 1 is 1.08 bits per heavy atom. The van der Waals surface area contributed by atoms with Crippen LogP contribution in [0.15, 0.2) is 48.5 Å². The highest BCUT2D eigenvalue weighted by molar-refractivity contribution is 6.33. The summed E-state index contributed by atoms with van der Waals surface area (Å²) in [4.78, 5) is 23.3. The Morgan fingerprint density at radius 2 is 1.79 bits per heavy atom. The fourth-order valence-electron chi connectivity index (χ4n) is 1.75. The second-order valence-electron chi connectivity index (χ2n) is 4.60. The molecule has 2 aromatic carbocycles. The molecule has 0 fully saturated rings. The van der Waals surface area contributed by atoms with Crippen molar-refractivity contribution in [3.8, 4) is 0 Å². The Kier molecular flexibility index (Phi) is 6.35. The number of hydrogen-bond acceptors (Lipinski definition) is 3. The lowest BCUT2D eigenvalue weighted by atomic mass is 10.2. The maximum atomic E-state index is 13.5. The van der Waals surface area contributed by atoms with Gasteiger partial charge >= 0.3 is 5.97 Å². The molecule has 2 aromatic rings. The molecule has 0 aliphatic carbocycles. The topological polar surface area (TPSA) is 55.4 Å². The summed E-state index contributed by atoms with van der Waals surface area (Å²) in [7, 11) is 0.